The van der Waals surface area contributed by atoms with Crippen LogP contribution in [0.25, 0.3) is 0 Å². The predicted molar refractivity (Wildman–Crippen MR) is 90.5 cm³/mol. The second-order valence-electron chi connectivity index (χ2n) is 5.26. The van der Waals surface area contributed by atoms with E-state index in [-0.39, 0.29) is 17.0 Å². The van der Waals surface area contributed by atoms with Crippen LogP contribution in [0.3, 0.4) is 0 Å². The van der Waals surface area contributed by atoms with Gasteiger partial charge < -0.3 is 10.6 Å². The quantitative estimate of drug-likeness (QED) is 0.566. The lowest BCUT2D eigenvalue weighted by atomic mass is 10.1. The van der Waals surface area contributed by atoms with Crippen LogP contribution in [0.1, 0.15) is 10.4 Å². The zero-order chi connectivity index (χ0) is 20.0. The molecule has 0 aliphatic rings. The highest BCUT2D eigenvalue weighted by Gasteiger charge is 2.28. The number of thioether (sulfide) groups is 1. The van der Waals surface area contributed by atoms with Crippen molar-refractivity contribution < 1.29 is 31.5 Å². The third-order valence-electron chi connectivity index (χ3n) is 3.16. The van der Waals surface area contributed by atoms with Gasteiger partial charge in [-0.15, -0.1) is 11.8 Å². The van der Waals surface area contributed by atoms with Crippen LogP contribution in [0.4, 0.5) is 27.6 Å². The molecule has 2 rings (SSSR count). The summed E-state index contributed by atoms with van der Waals surface area (Å²) in [5, 5.41) is 4.14. The Hall–Kier alpha value is -2.62. The number of halogens is 5. The first-order chi connectivity index (χ1) is 12.7. The van der Waals surface area contributed by atoms with E-state index < -0.39 is 36.2 Å². The number of hydrogen-bond donors (Lipinski definition) is 2. The van der Waals surface area contributed by atoms with E-state index in [9.17, 15) is 31.5 Å². The van der Waals surface area contributed by atoms with E-state index in [1.807, 2.05) is 0 Å². The van der Waals surface area contributed by atoms with E-state index in [4.69, 9.17) is 0 Å². The lowest BCUT2D eigenvalue weighted by molar-refractivity contribution is -0.123. The van der Waals surface area contributed by atoms with Gasteiger partial charge in [-0.25, -0.2) is 8.78 Å². The van der Waals surface area contributed by atoms with E-state index in [1.165, 1.54) is 30.3 Å². The number of para-hydroxylation sites is 1. The lowest BCUT2D eigenvalue weighted by Crippen LogP contribution is -2.34. The maximum atomic E-state index is 13.1. The molecule has 10 heteroatoms. The first-order valence-electron chi connectivity index (χ1n) is 7.47. The molecule has 0 saturated carbocycles. The first kappa shape index (κ1) is 20.7. The molecule has 0 unspecified atom stereocenters. The summed E-state index contributed by atoms with van der Waals surface area (Å²) in [5.74, 6) is -3.80. The first-order valence-corrected chi connectivity index (χ1v) is 8.46. The molecular weight excluding hydrogens is 391 g/mol. The van der Waals surface area contributed by atoms with Crippen molar-refractivity contribution in [3.63, 3.8) is 0 Å². The number of carbonyl (C=O) groups is 2. The molecule has 0 fully saturated rings. The molecule has 0 spiro atoms. The molecule has 0 bridgehead atoms. The van der Waals surface area contributed by atoms with Crippen LogP contribution < -0.4 is 10.6 Å². The van der Waals surface area contributed by atoms with Crippen LogP contribution >= 0.6 is 11.8 Å². The topological polar surface area (TPSA) is 58.2 Å². The zero-order valence-electron chi connectivity index (χ0n) is 13.6. The van der Waals surface area contributed by atoms with E-state index >= 15 is 0 Å². The molecule has 0 heterocycles. The summed E-state index contributed by atoms with van der Waals surface area (Å²) in [6.07, 6.45) is -4.56. The molecule has 4 nitrogen and oxygen atoms in total. The molecule has 2 aromatic carbocycles. The van der Waals surface area contributed by atoms with Crippen LogP contribution in [0.5, 0.6) is 0 Å². The third kappa shape index (κ3) is 6.55. The highest BCUT2D eigenvalue weighted by Crippen LogP contribution is 2.22. The SMILES string of the molecule is O=C(CSc1ccc(F)c(F)c1)Nc1ccccc1C(=O)NCC(F)(F)F. The minimum absolute atomic E-state index is 0.0352. The maximum absolute atomic E-state index is 13.1. The second-order valence-corrected chi connectivity index (χ2v) is 6.30. The minimum atomic E-state index is -4.56. The summed E-state index contributed by atoms with van der Waals surface area (Å²) in [6.45, 7) is -1.50. The molecule has 2 N–H and O–H groups in total. The van der Waals surface area contributed by atoms with E-state index in [1.54, 1.807) is 5.32 Å². The summed E-state index contributed by atoms with van der Waals surface area (Å²) in [6, 6.07) is 8.73. The average Bonchev–Trinajstić information content (AvgIpc) is 2.60. The summed E-state index contributed by atoms with van der Waals surface area (Å²) in [4.78, 5) is 24.2. The Morgan fingerprint density at radius 2 is 1.70 bits per heavy atom. The van der Waals surface area contributed by atoms with E-state index in [0.29, 0.717) is 4.90 Å². The molecule has 27 heavy (non-hydrogen) atoms. The molecule has 0 aromatic heterocycles. The number of alkyl halides is 3. The van der Waals surface area contributed by atoms with Crippen molar-refractivity contribution in [3.05, 3.63) is 59.7 Å². The van der Waals surface area contributed by atoms with Crippen molar-refractivity contribution in [1.82, 2.24) is 5.32 Å². The molecule has 0 atom stereocenters. The smallest absolute Gasteiger partial charge is 0.343 e. The molecule has 0 saturated heterocycles. The largest absolute Gasteiger partial charge is 0.405 e. The zero-order valence-corrected chi connectivity index (χ0v) is 14.4. The predicted octanol–water partition coefficient (Wildman–Crippen LogP) is 3.99. The normalized spacial score (nSPS) is 11.1. The van der Waals surface area contributed by atoms with Crippen molar-refractivity contribution >= 4 is 29.3 Å². The Balaban J connectivity index is 1.99. The molecule has 2 amide bonds. The number of carbonyl (C=O) groups excluding carboxylic acids is 2. The number of hydrogen-bond acceptors (Lipinski definition) is 3. The third-order valence-corrected chi connectivity index (χ3v) is 4.15. The van der Waals surface area contributed by atoms with Gasteiger partial charge >= 0.3 is 6.18 Å². The minimum Gasteiger partial charge on any atom is -0.343 e. The Labute approximate surface area is 155 Å². The Morgan fingerprint density at radius 3 is 2.37 bits per heavy atom. The molecule has 0 radical (unpaired) electrons. The number of rotatable bonds is 6. The molecular formula is C17H13F5N2O2S. The van der Waals surface area contributed by atoms with Crippen LogP contribution in [-0.4, -0.2) is 30.3 Å². The van der Waals surface area contributed by atoms with Crippen molar-refractivity contribution in [2.24, 2.45) is 0 Å². The lowest BCUT2D eigenvalue weighted by Gasteiger charge is -2.12. The van der Waals surface area contributed by atoms with Crippen LogP contribution in [-0.2, 0) is 4.79 Å². The van der Waals surface area contributed by atoms with Gasteiger partial charge in [0, 0.05) is 4.90 Å². The fourth-order valence-corrected chi connectivity index (χ4v) is 2.69. The number of amides is 2. The summed E-state index contributed by atoms with van der Waals surface area (Å²) in [7, 11) is 0. The van der Waals surface area contributed by atoms with Crippen LogP contribution in [0.15, 0.2) is 47.4 Å². The molecule has 0 aliphatic heterocycles. The van der Waals surface area contributed by atoms with E-state index in [0.717, 1.165) is 23.9 Å². The molecule has 2 aromatic rings. The highest BCUT2D eigenvalue weighted by atomic mass is 32.2. The fraction of sp³-hybridized carbons (Fsp3) is 0.176. The second kappa shape index (κ2) is 8.85. The van der Waals surface area contributed by atoms with Crippen molar-refractivity contribution in [2.45, 2.75) is 11.1 Å². The average molecular weight is 404 g/mol. The molecule has 144 valence electrons. The maximum Gasteiger partial charge on any atom is 0.405 e. The molecule has 0 aliphatic carbocycles. The Bertz CT molecular complexity index is 842. The Kier molecular flexibility index (Phi) is 6.78. The van der Waals surface area contributed by atoms with Crippen LogP contribution in [0.2, 0.25) is 0 Å². The highest BCUT2D eigenvalue weighted by molar-refractivity contribution is 8.00. The standard InChI is InChI=1S/C17H13F5N2O2S/c18-12-6-5-10(7-13(12)19)27-8-15(25)24-14-4-2-1-3-11(14)16(26)23-9-17(20,21)22/h1-7H,8-9H2,(H,23,26)(H,24,25). The summed E-state index contributed by atoms with van der Waals surface area (Å²) < 4.78 is 62.7. The Morgan fingerprint density at radius 1 is 1.00 bits per heavy atom. The monoisotopic (exact) mass is 404 g/mol. The number of anilines is 1. The van der Waals surface area contributed by atoms with E-state index in [2.05, 4.69) is 5.32 Å². The van der Waals surface area contributed by atoms with Crippen LogP contribution in [0, 0.1) is 11.6 Å². The number of nitrogens with one attached hydrogen (secondary N) is 2. The summed E-state index contributed by atoms with van der Waals surface area (Å²) >= 11 is 0.931. The van der Waals surface area contributed by atoms with Gasteiger partial charge in [-0.2, -0.15) is 13.2 Å². The van der Waals surface area contributed by atoms with Gasteiger partial charge in [0.05, 0.1) is 17.0 Å². The summed E-state index contributed by atoms with van der Waals surface area (Å²) in [5.41, 5.74) is -0.0963. The fourth-order valence-electron chi connectivity index (χ4n) is 1.97. The van der Waals surface area contributed by atoms with Gasteiger partial charge in [-0.1, -0.05) is 12.1 Å². The van der Waals surface area contributed by atoms with Gasteiger partial charge in [-0.3, -0.25) is 9.59 Å². The van der Waals surface area contributed by atoms with Gasteiger partial charge in [-0.05, 0) is 30.3 Å². The van der Waals surface area contributed by atoms with Crippen molar-refractivity contribution in [1.29, 1.82) is 0 Å². The van der Waals surface area contributed by atoms with Crippen molar-refractivity contribution in [2.75, 3.05) is 17.6 Å². The van der Waals surface area contributed by atoms with Crippen molar-refractivity contribution in [3.8, 4) is 0 Å². The van der Waals surface area contributed by atoms with Gasteiger partial charge in [0.15, 0.2) is 11.6 Å². The van der Waals surface area contributed by atoms with Gasteiger partial charge in [0.25, 0.3) is 5.91 Å². The van der Waals surface area contributed by atoms with Gasteiger partial charge in [0.1, 0.15) is 6.54 Å². The van der Waals surface area contributed by atoms with Gasteiger partial charge in [0.2, 0.25) is 5.91 Å². The number of benzene rings is 2.